The highest BCUT2D eigenvalue weighted by Crippen LogP contribution is 2.34. The van der Waals surface area contributed by atoms with E-state index >= 15 is 0 Å². The lowest BCUT2D eigenvalue weighted by Gasteiger charge is -2.18. The molecular formula is C27H26ClFN4O3. The molecule has 3 aromatic rings. The van der Waals surface area contributed by atoms with Crippen molar-refractivity contribution in [1.82, 2.24) is 9.47 Å². The van der Waals surface area contributed by atoms with Crippen LogP contribution in [0.4, 0.5) is 15.8 Å². The molecule has 1 saturated carbocycles. The molecule has 1 saturated heterocycles. The Morgan fingerprint density at radius 2 is 1.64 bits per heavy atom. The number of hydrogen-bond acceptors (Lipinski definition) is 4. The normalized spacial score (nSPS) is 19.7. The van der Waals surface area contributed by atoms with Crippen molar-refractivity contribution < 1.29 is 14.0 Å². The van der Waals surface area contributed by atoms with E-state index < -0.39 is 23.6 Å². The van der Waals surface area contributed by atoms with Crippen molar-refractivity contribution in [3.63, 3.8) is 0 Å². The fourth-order valence-electron chi connectivity index (χ4n) is 4.62. The standard InChI is InChI=1S/C27H26ClFN4O3/c28-18-6-8-19(9-7-18)30-26(35)21-15-32(14-17-4-5-17)16-22(21)27(36)31-24-11-10-20(13-23(24)29)33-12-2-1-3-25(33)34/h1-3,6-13,17,21-22H,4-5,14-16H2,(H,30,35)(H,31,36)/t21-,22-/m0/s1. The van der Waals surface area contributed by atoms with E-state index in [0.717, 1.165) is 19.4 Å². The van der Waals surface area contributed by atoms with Crippen LogP contribution in [0.1, 0.15) is 12.8 Å². The van der Waals surface area contributed by atoms with Gasteiger partial charge in [0.15, 0.2) is 0 Å². The quantitative estimate of drug-likeness (QED) is 0.502. The van der Waals surface area contributed by atoms with Crippen LogP contribution >= 0.6 is 11.6 Å². The van der Waals surface area contributed by atoms with Gasteiger partial charge in [-0.15, -0.1) is 0 Å². The average Bonchev–Trinajstić information content (AvgIpc) is 3.57. The summed E-state index contributed by atoms with van der Waals surface area (Å²) in [6.45, 7) is 1.75. The predicted octanol–water partition coefficient (Wildman–Crippen LogP) is 4.17. The van der Waals surface area contributed by atoms with Gasteiger partial charge in [0.2, 0.25) is 11.8 Å². The highest BCUT2D eigenvalue weighted by Gasteiger charge is 2.43. The van der Waals surface area contributed by atoms with Crippen molar-refractivity contribution in [2.24, 2.45) is 17.8 Å². The molecule has 2 N–H and O–H groups in total. The van der Waals surface area contributed by atoms with Gasteiger partial charge in [-0.05, 0) is 61.2 Å². The molecule has 0 bridgehead atoms. The summed E-state index contributed by atoms with van der Waals surface area (Å²) in [4.78, 5) is 40.6. The zero-order valence-electron chi connectivity index (χ0n) is 19.5. The minimum absolute atomic E-state index is 0.00484. The molecule has 1 aromatic heterocycles. The van der Waals surface area contributed by atoms with Crippen LogP contribution in [0, 0.1) is 23.6 Å². The first kappa shape index (κ1) is 24.2. The molecular weight excluding hydrogens is 483 g/mol. The lowest BCUT2D eigenvalue weighted by Crippen LogP contribution is -2.35. The number of pyridine rings is 1. The van der Waals surface area contributed by atoms with Crippen LogP contribution in [-0.2, 0) is 9.59 Å². The number of halogens is 2. The molecule has 36 heavy (non-hydrogen) atoms. The molecule has 2 atom stereocenters. The van der Waals surface area contributed by atoms with Crippen LogP contribution in [0.15, 0.2) is 71.7 Å². The van der Waals surface area contributed by atoms with Gasteiger partial charge in [0.1, 0.15) is 5.82 Å². The van der Waals surface area contributed by atoms with Gasteiger partial charge in [0.25, 0.3) is 5.56 Å². The average molecular weight is 509 g/mol. The van der Waals surface area contributed by atoms with E-state index in [4.69, 9.17) is 11.6 Å². The lowest BCUT2D eigenvalue weighted by molar-refractivity contribution is -0.127. The molecule has 5 rings (SSSR count). The Kier molecular flexibility index (Phi) is 6.89. The molecule has 186 valence electrons. The number of nitrogens with zero attached hydrogens (tertiary/aromatic N) is 2. The number of hydrogen-bond donors (Lipinski definition) is 2. The summed E-state index contributed by atoms with van der Waals surface area (Å²) in [6.07, 6.45) is 3.88. The fraction of sp³-hybridized carbons (Fsp3) is 0.296. The Morgan fingerprint density at radius 3 is 2.28 bits per heavy atom. The number of carbonyl (C=O) groups is 2. The zero-order valence-corrected chi connectivity index (χ0v) is 20.2. The number of carbonyl (C=O) groups excluding carboxylic acids is 2. The molecule has 1 aliphatic heterocycles. The summed E-state index contributed by atoms with van der Waals surface area (Å²) in [5.41, 5.74) is 0.671. The first-order valence-corrected chi connectivity index (χ1v) is 12.3. The molecule has 2 heterocycles. The summed E-state index contributed by atoms with van der Waals surface area (Å²) >= 11 is 5.94. The Bertz CT molecular complexity index is 1340. The molecule has 2 aliphatic rings. The fourth-order valence-corrected chi connectivity index (χ4v) is 4.75. The van der Waals surface area contributed by atoms with Crippen molar-refractivity contribution >= 4 is 34.8 Å². The number of likely N-dealkylation sites (tertiary alicyclic amines) is 1. The molecule has 2 fully saturated rings. The number of amides is 2. The molecule has 1 aliphatic carbocycles. The maximum atomic E-state index is 14.9. The first-order chi connectivity index (χ1) is 17.4. The minimum Gasteiger partial charge on any atom is -0.326 e. The van der Waals surface area contributed by atoms with Gasteiger partial charge in [-0.3, -0.25) is 19.0 Å². The van der Waals surface area contributed by atoms with Crippen molar-refractivity contribution in [2.75, 3.05) is 30.3 Å². The third-order valence-electron chi connectivity index (χ3n) is 6.71. The zero-order chi connectivity index (χ0) is 25.2. The van der Waals surface area contributed by atoms with E-state index in [9.17, 15) is 18.8 Å². The molecule has 9 heteroatoms. The number of rotatable bonds is 7. The summed E-state index contributed by atoms with van der Waals surface area (Å²) in [5.74, 6) is -1.93. The molecule has 0 unspecified atom stereocenters. The van der Waals surface area contributed by atoms with Gasteiger partial charge in [0.05, 0.1) is 23.2 Å². The maximum Gasteiger partial charge on any atom is 0.255 e. The smallest absolute Gasteiger partial charge is 0.255 e. The second-order valence-electron chi connectivity index (χ2n) is 9.43. The minimum atomic E-state index is -0.661. The first-order valence-electron chi connectivity index (χ1n) is 11.9. The second-order valence-corrected chi connectivity index (χ2v) is 9.87. The van der Waals surface area contributed by atoms with Gasteiger partial charge >= 0.3 is 0 Å². The van der Waals surface area contributed by atoms with Gasteiger partial charge in [-0.2, -0.15) is 0 Å². The van der Waals surface area contributed by atoms with Crippen LogP contribution < -0.4 is 16.2 Å². The maximum absolute atomic E-state index is 14.9. The van der Waals surface area contributed by atoms with Crippen LogP contribution in [0.5, 0.6) is 0 Å². The van der Waals surface area contributed by atoms with Gasteiger partial charge in [0, 0.05) is 48.7 Å². The van der Waals surface area contributed by atoms with E-state index in [1.807, 2.05) is 0 Å². The molecule has 7 nitrogen and oxygen atoms in total. The molecule has 2 amide bonds. The summed E-state index contributed by atoms with van der Waals surface area (Å²) in [7, 11) is 0. The largest absolute Gasteiger partial charge is 0.326 e. The van der Waals surface area contributed by atoms with E-state index in [0.29, 0.717) is 35.4 Å². The monoisotopic (exact) mass is 508 g/mol. The number of benzene rings is 2. The van der Waals surface area contributed by atoms with E-state index in [1.165, 1.54) is 22.8 Å². The van der Waals surface area contributed by atoms with Crippen LogP contribution in [0.3, 0.4) is 0 Å². The van der Waals surface area contributed by atoms with E-state index in [1.54, 1.807) is 48.7 Å². The molecule has 2 aromatic carbocycles. The Hall–Kier alpha value is -3.49. The van der Waals surface area contributed by atoms with Crippen molar-refractivity contribution in [3.05, 3.63) is 88.1 Å². The van der Waals surface area contributed by atoms with Crippen molar-refractivity contribution in [2.45, 2.75) is 12.8 Å². The Balaban J connectivity index is 1.32. The number of nitrogens with one attached hydrogen (secondary N) is 2. The second kappa shape index (κ2) is 10.2. The Morgan fingerprint density at radius 1 is 0.944 bits per heavy atom. The third kappa shape index (κ3) is 5.50. The van der Waals surface area contributed by atoms with Crippen molar-refractivity contribution in [1.29, 1.82) is 0 Å². The summed E-state index contributed by atoms with van der Waals surface area (Å²) in [5, 5.41) is 6.11. The predicted molar refractivity (Wildman–Crippen MR) is 137 cm³/mol. The van der Waals surface area contributed by atoms with E-state index in [-0.39, 0.29) is 17.2 Å². The van der Waals surface area contributed by atoms with Crippen LogP contribution in [0.2, 0.25) is 5.02 Å². The van der Waals surface area contributed by atoms with Crippen LogP contribution in [-0.4, -0.2) is 40.9 Å². The lowest BCUT2D eigenvalue weighted by atomic mass is 9.94. The van der Waals surface area contributed by atoms with Gasteiger partial charge in [-0.1, -0.05) is 17.7 Å². The Labute approximate surface area is 212 Å². The molecule has 0 radical (unpaired) electrons. The van der Waals surface area contributed by atoms with Gasteiger partial charge in [-0.25, -0.2) is 4.39 Å². The highest BCUT2D eigenvalue weighted by atomic mass is 35.5. The van der Waals surface area contributed by atoms with Crippen molar-refractivity contribution in [3.8, 4) is 5.69 Å². The highest BCUT2D eigenvalue weighted by molar-refractivity contribution is 6.30. The van der Waals surface area contributed by atoms with Gasteiger partial charge < -0.3 is 15.5 Å². The number of anilines is 2. The molecule has 0 spiro atoms. The number of aromatic nitrogens is 1. The van der Waals surface area contributed by atoms with Crippen LogP contribution in [0.25, 0.3) is 5.69 Å². The van der Waals surface area contributed by atoms with E-state index in [2.05, 4.69) is 15.5 Å². The third-order valence-corrected chi connectivity index (χ3v) is 6.96. The SMILES string of the molecule is O=C(Nc1ccc(Cl)cc1)[C@H]1CN(CC2CC2)C[C@@H]1C(=O)Nc1ccc(-n2ccccc2=O)cc1F. The summed E-state index contributed by atoms with van der Waals surface area (Å²) < 4.78 is 16.2. The summed E-state index contributed by atoms with van der Waals surface area (Å²) in [6, 6.07) is 15.7. The topological polar surface area (TPSA) is 83.4 Å².